The first-order chi connectivity index (χ1) is 20.0. The number of carbonyl (C=O) groups excluding carboxylic acids is 2. The van der Waals surface area contributed by atoms with E-state index in [1.807, 2.05) is 43.3 Å². The number of anilines is 1. The Hall–Kier alpha value is -3.17. The zero-order valence-electron chi connectivity index (χ0n) is 24.7. The SMILES string of the molecule is Cc1ccc(S(=O)(=O)N(CC(=O)N(Cc2cccc(Br)c2)C(C)C(=O)NC2CCCC2)c2ccc(C(C)C)cc2)cc1. The quantitative estimate of drug-likeness (QED) is 0.254. The van der Waals surface area contributed by atoms with Crippen LogP contribution in [0, 0.1) is 6.92 Å². The van der Waals surface area contributed by atoms with Gasteiger partial charge in [-0.3, -0.25) is 13.9 Å². The van der Waals surface area contributed by atoms with E-state index in [0.29, 0.717) is 5.69 Å². The van der Waals surface area contributed by atoms with E-state index in [4.69, 9.17) is 0 Å². The summed E-state index contributed by atoms with van der Waals surface area (Å²) < 4.78 is 30.1. The molecule has 42 heavy (non-hydrogen) atoms. The van der Waals surface area contributed by atoms with Gasteiger partial charge < -0.3 is 10.2 Å². The second-order valence-corrected chi connectivity index (χ2v) is 14.2. The van der Waals surface area contributed by atoms with Crippen molar-refractivity contribution < 1.29 is 18.0 Å². The molecule has 0 heterocycles. The zero-order chi connectivity index (χ0) is 30.4. The topological polar surface area (TPSA) is 86.8 Å². The standard InChI is InChI=1S/C33H40BrN3O4S/c1-23(2)27-14-16-30(17-15-27)37(42(40,41)31-18-12-24(3)13-19-31)22-32(38)36(21-26-8-7-9-28(34)20-26)25(4)33(39)35-29-10-5-6-11-29/h7-9,12-20,23,25,29H,5-6,10-11,21-22H2,1-4H3,(H,35,39). The van der Waals surface area contributed by atoms with Gasteiger partial charge in [0.2, 0.25) is 11.8 Å². The number of benzene rings is 3. The summed E-state index contributed by atoms with van der Waals surface area (Å²) in [7, 11) is -4.10. The number of carbonyl (C=O) groups is 2. The number of hydrogen-bond acceptors (Lipinski definition) is 4. The zero-order valence-corrected chi connectivity index (χ0v) is 27.1. The molecule has 0 saturated heterocycles. The third-order valence-electron chi connectivity index (χ3n) is 7.85. The second kappa shape index (κ2) is 13.9. The molecule has 3 aromatic rings. The van der Waals surface area contributed by atoms with Crippen LogP contribution in [0.3, 0.4) is 0 Å². The Labute approximate surface area is 258 Å². The maximum Gasteiger partial charge on any atom is 0.264 e. The molecule has 1 aliphatic carbocycles. The highest BCUT2D eigenvalue weighted by molar-refractivity contribution is 9.10. The lowest BCUT2D eigenvalue weighted by molar-refractivity contribution is -0.139. The summed E-state index contributed by atoms with van der Waals surface area (Å²) in [6, 6.07) is 20.7. The van der Waals surface area contributed by atoms with Gasteiger partial charge in [0.15, 0.2) is 0 Å². The molecule has 1 aliphatic rings. The molecular weight excluding hydrogens is 614 g/mol. The molecule has 4 rings (SSSR count). The van der Waals surface area contributed by atoms with E-state index in [2.05, 4.69) is 35.1 Å². The third-order valence-corrected chi connectivity index (χ3v) is 10.1. The molecular formula is C33H40BrN3O4S. The van der Waals surface area contributed by atoms with Crippen LogP contribution in [0.25, 0.3) is 0 Å². The maximum atomic E-state index is 14.1. The second-order valence-electron chi connectivity index (χ2n) is 11.4. The average molecular weight is 655 g/mol. The fourth-order valence-electron chi connectivity index (χ4n) is 5.20. The van der Waals surface area contributed by atoms with E-state index < -0.39 is 28.5 Å². The molecule has 1 saturated carbocycles. The van der Waals surface area contributed by atoms with Gasteiger partial charge in [0.25, 0.3) is 10.0 Å². The molecule has 1 fully saturated rings. The number of hydrogen-bond donors (Lipinski definition) is 1. The lowest BCUT2D eigenvalue weighted by atomic mass is 10.0. The lowest BCUT2D eigenvalue weighted by Gasteiger charge is -2.32. The summed E-state index contributed by atoms with van der Waals surface area (Å²) >= 11 is 3.49. The number of nitrogens with one attached hydrogen (secondary N) is 1. The van der Waals surface area contributed by atoms with Gasteiger partial charge in [-0.2, -0.15) is 0 Å². The highest BCUT2D eigenvalue weighted by atomic mass is 79.9. The summed E-state index contributed by atoms with van der Waals surface area (Å²) in [6.45, 7) is 7.43. The number of rotatable bonds is 11. The minimum Gasteiger partial charge on any atom is -0.352 e. The van der Waals surface area contributed by atoms with E-state index >= 15 is 0 Å². The first-order valence-electron chi connectivity index (χ1n) is 14.5. The van der Waals surface area contributed by atoms with E-state index in [0.717, 1.165) is 51.2 Å². The Morgan fingerprint density at radius 2 is 1.60 bits per heavy atom. The smallest absolute Gasteiger partial charge is 0.264 e. The highest BCUT2D eigenvalue weighted by Crippen LogP contribution is 2.27. The van der Waals surface area contributed by atoms with Gasteiger partial charge in [0, 0.05) is 17.1 Å². The van der Waals surface area contributed by atoms with Crippen LogP contribution in [0.15, 0.2) is 82.2 Å². The molecule has 224 valence electrons. The molecule has 0 aromatic heterocycles. The summed E-state index contributed by atoms with van der Waals surface area (Å²) in [6.07, 6.45) is 3.99. The molecule has 1 atom stereocenters. The number of sulfonamides is 1. The fourth-order valence-corrected chi connectivity index (χ4v) is 7.06. The van der Waals surface area contributed by atoms with E-state index in [1.54, 1.807) is 43.3 Å². The molecule has 7 nitrogen and oxygen atoms in total. The Morgan fingerprint density at radius 3 is 2.19 bits per heavy atom. The number of nitrogens with zero attached hydrogens (tertiary/aromatic N) is 2. The molecule has 3 aromatic carbocycles. The van der Waals surface area contributed by atoms with Gasteiger partial charge in [-0.05, 0) is 80.1 Å². The van der Waals surface area contributed by atoms with Crippen molar-refractivity contribution in [2.45, 2.75) is 82.8 Å². The molecule has 0 radical (unpaired) electrons. The first kappa shape index (κ1) is 31.8. The molecule has 9 heteroatoms. The van der Waals surface area contributed by atoms with Gasteiger partial charge in [0.1, 0.15) is 12.6 Å². The van der Waals surface area contributed by atoms with E-state index in [9.17, 15) is 18.0 Å². The Bertz CT molecular complexity index is 1480. The molecule has 1 N–H and O–H groups in total. The lowest BCUT2D eigenvalue weighted by Crippen LogP contribution is -2.52. The highest BCUT2D eigenvalue weighted by Gasteiger charge is 2.33. The number of amides is 2. The van der Waals surface area contributed by atoms with Crippen LogP contribution in [0.4, 0.5) is 5.69 Å². The molecule has 0 spiro atoms. The van der Waals surface area contributed by atoms with Crippen molar-refractivity contribution in [3.8, 4) is 0 Å². The fraction of sp³-hybridized carbons (Fsp3) is 0.394. The largest absolute Gasteiger partial charge is 0.352 e. The molecule has 0 aliphatic heterocycles. The Kier molecular flexibility index (Phi) is 10.5. The minimum atomic E-state index is -4.10. The molecule has 2 amide bonds. The van der Waals surface area contributed by atoms with E-state index in [1.165, 1.54) is 4.90 Å². The average Bonchev–Trinajstić information content (AvgIpc) is 3.47. The summed E-state index contributed by atoms with van der Waals surface area (Å²) in [5.41, 5.74) is 3.21. The van der Waals surface area contributed by atoms with Crippen LogP contribution in [0.1, 0.15) is 69.1 Å². The third kappa shape index (κ3) is 7.81. The van der Waals surface area contributed by atoms with Gasteiger partial charge in [0.05, 0.1) is 10.6 Å². The van der Waals surface area contributed by atoms with Crippen molar-refractivity contribution >= 4 is 43.5 Å². The van der Waals surface area contributed by atoms with Crippen molar-refractivity contribution in [3.63, 3.8) is 0 Å². The summed E-state index contributed by atoms with van der Waals surface area (Å²) in [5, 5.41) is 3.10. The van der Waals surface area contributed by atoms with Crippen molar-refractivity contribution in [3.05, 3.63) is 94.0 Å². The Morgan fingerprint density at radius 1 is 0.952 bits per heavy atom. The molecule has 1 unspecified atom stereocenters. The van der Waals surface area contributed by atoms with Crippen LogP contribution in [0.2, 0.25) is 0 Å². The summed E-state index contributed by atoms with van der Waals surface area (Å²) in [4.78, 5) is 29.1. The number of aryl methyl sites for hydroxylation is 1. The molecule has 0 bridgehead atoms. The maximum absolute atomic E-state index is 14.1. The van der Waals surface area contributed by atoms with Crippen molar-refractivity contribution in [2.75, 3.05) is 10.8 Å². The van der Waals surface area contributed by atoms with Crippen molar-refractivity contribution in [2.24, 2.45) is 0 Å². The van der Waals surface area contributed by atoms with Gasteiger partial charge in [-0.1, -0.05) is 84.6 Å². The monoisotopic (exact) mass is 653 g/mol. The predicted molar refractivity (Wildman–Crippen MR) is 171 cm³/mol. The van der Waals surface area contributed by atoms with Gasteiger partial charge in [-0.25, -0.2) is 8.42 Å². The van der Waals surface area contributed by atoms with Gasteiger partial charge in [-0.15, -0.1) is 0 Å². The van der Waals surface area contributed by atoms with Crippen molar-refractivity contribution in [1.82, 2.24) is 10.2 Å². The van der Waals surface area contributed by atoms with Crippen LogP contribution in [-0.2, 0) is 26.2 Å². The first-order valence-corrected chi connectivity index (χ1v) is 16.7. The predicted octanol–water partition coefficient (Wildman–Crippen LogP) is 6.55. The normalized spacial score (nSPS) is 14.5. The van der Waals surface area contributed by atoms with E-state index in [-0.39, 0.29) is 29.3 Å². The van der Waals surface area contributed by atoms with Crippen molar-refractivity contribution in [1.29, 1.82) is 0 Å². The van der Waals surface area contributed by atoms with Gasteiger partial charge >= 0.3 is 0 Å². The minimum absolute atomic E-state index is 0.0967. The van der Waals surface area contributed by atoms with Crippen LogP contribution in [0.5, 0.6) is 0 Å². The summed E-state index contributed by atoms with van der Waals surface area (Å²) in [5.74, 6) is -0.435. The van der Waals surface area contributed by atoms with Crippen LogP contribution in [-0.4, -0.2) is 43.8 Å². The Balaban J connectivity index is 1.70. The van der Waals surface area contributed by atoms with Crippen LogP contribution < -0.4 is 9.62 Å². The number of halogens is 1. The van der Waals surface area contributed by atoms with Crippen LogP contribution >= 0.6 is 15.9 Å².